The molecule has 136 valence electrons. The Morgan fingerprint density at radius 2 is 1.88 bits per heavy atom. The third kappa shape index (κ3) is 4.02. The Kier molecular flexibility index (Phi) is 5.21. The van der Waals surface area contributed by atoms with Gasteiger partial charge in [-0.05, 0) is 24.4 Å². The van der Waals surface area contributed by atoms with Crippen molar-refractivity contribution in [2.24, 2.45) is 0 Å². The van der Waals surface area contributed by atoms with Crippen LogP contribution in [0.15, 0.2) is 41.1 Å². The van der Waals surface area contributed by atoms with E-state index >= 15 is 0 Å². The van der Waals surface area contributed by atoms with Crippen LogP contribution in [0.1, 0.15) is 11.3 Å². The Bertz CT molecular complexity index is 900. The van der Waals surface area contributed by atoms with E-state index in [0.717, 1.165) is 4.68 Å². The van der Waals surface area contributed by atoms with Crippen LogP contribution >= 0.6 is 12.2 Å². The molecule has 3 aromatic rings. The maximum Gasteiger partial charge on any atom is 0.172 e. The summed E-state index contributed by atoms with van der Waals surface area (Å²) in [5.41, 5.74) is -0.754. The summed E-state index contributed by atoms with van der Waals surface area (Å²) in [6, 6.07) is 5.16. The van der Waals surface area contributed by atoms with Gasteiger partial charge in [-0.1, -0.05) is 0 Å². The number of hydrogen-bond donors (Lipinski definition) is 2. The normalized spacial score (nSPS) is 10.8. The molecule has 0 atom stereocenters. The first kappa shape index (κ1) is 17.9. The largest absolute Gasteiger partial charge is 0.467 e. The predicted octanol–water partition coefficient (Wildman–Crippen LogP) is 3.57. The molecular weight excluding hydrogens is 372 g/mol. The highest BCUT2D eigenvalue weighted by molar-refractivity contribution is 7.80. The van der Waals surface area contributed by atoms with Crippen LogP contribution < -0.4 is 10.6 Å². The molecule has 3 rings (SSSR count). The molecule has 0 fully saturated rings. The van der Waals surface area contributed by atoms with E-state index in [1.54, 1.807) is 12.1 Å². The second kappa shape index (κ2) is 7.56. The molecule has 0 saturated carbocycles. The second-order valence-electron chi connectivity index (χ2n) is 5.23. The summed E-state index contributed by atoms with van der Waals surface area (Å²) in [6.45, 7) is -0.126. The quantitative estimate of drug-likeness (QED) is 0.400. The van der Waals surface area contributed by atoms with Crippen LogP contribution in [0.5, 0.6) is 0 Å². The van der Waals surface area contributed by atoms with E-state index in [-0.39, 0.29) is 11.2 Å². The van der Waals surface area contributed by atoms with Gasteiger partial charge in [-0.15, -0.1) is 0 Å². The molecule has 0 amide bonds. The van der Waals surface area contributed by atoms with Gasteiger partial charge in [0.05, 0.1) is 24.9 Å². The fraction of sp³-hybridized carbons (Fsp3) is 0.125. The zero-order valence-electron chi connectivity index (χ0n) is 13.1. The Hall–Kier alpha value is -2.88. The molecule has 0 radical (unpaired) electrons. The zero-order chi connectivity index (χ0) is 18.7. The fourth-order valence-corrected chi connectivity index (χ4v) is 2.36. The summed E-state index contributed by atoms with van der Waals surface area (Å²) in [5.74, 6) is -4.87. The minimum absolute atomic E-state index is 0.160. The van der Waals surface area contributed by atoms with E-state index in [9.17, 15) is 17.6 Å². The number of halogens is 4. The van der Waals surface area contributed by atoms with Crippen molar-refractivity contribution in [1.29, 1.82) is 0 Å². The molecule has 0 aliphatic carbocycles. The lowest BCUT2D eigenvalue weighted by Crippen LogP contribution is -2.28. The van der Waals surface area contributed by atoms with E-state index in [1.165, 1.54) is 18.5 Å². The topological polar surface area (TPSA) is 55.0 Å². The number of aromatic nitrogens is 2. The van der Waals surface area contributed by atoms with Crippen molar-refractivity contribution in [2.75, 3.05) is 5.32 Å². The van der Waals surface area contributed by atoms with Gasteiger partial charge in [-0.25, -0.2) is 17.6 Å². The van der Waals surface area contributed by atoms with Gasteiger partial charge in [0.2, 0.25) is 0 Å². The van der Waals surface area contributed by atoms with Gasteiger partial charge in [-0.3, -0.25) is 4.68 Å². The van der Waals surface area contributed by atoms with Gasteiger partial charge in [0, 0.05) is 18.3 Å². The van der Waals surface area contributed by atoms with E-state index in [4.69, 9.17) is 16.6 Å². The minimum Gasteiger partial charge on any atom is -0.467 e. The lowest BCUT2D eigenvalue weighted by atomic mass is 10.2. The van der Waals surface area contributed by atoms with Crippen LogP contribution in [0.25, 0.3) is 0 Å². The summed E-state index contributed by atoms with van der Waals surface area (Å²) in [4.78, 5) is 0. The van der Waals surface area contributed by atoms with Crippen LogP contribution in [0.4, 0.5) is 23.4 Å². The Labute approximate surface area is 150 Å². The third-order valence-corrected chi connectivity index (χ3v) is 3.65. The maximum atomic E-state index is 13.7. The molecular formula is C16H12F4N4OS. The highest BCUT2D eigenvalue weighted by atomic mass is 32.1. The molecule has 5 nitrogen and oxygen atoms in total. The third-order valence-electron chi connectivity index (χ3n) is 3.41. The lowest BCUT2D eigenvalue weighted by Gasteiger charge is -2.08. The smallest absolute Gasteiger partial charge is 0.172 e. The molecule has 2 heterocycles. The molecule has 0 aliphatic heterocycles. The first-order chi connectivity index (χ1) is 12.4. The van der Waals surface area contributed by atoms with Gasteiger partial charge < -0.3 is 15.1 Å². The number of nitrogens with one attached hydrogen (secondary N) is 2. The van der Waals surface area contributed by atoms with Crippen molar-refractivity contribution in [3.05, 3.63) is 71.3 Å². The number of rotatable bonds is 5. The van der Waals surface area contributed by atoms with Gasteiger partial charge in [0.15, 0.2) is 34.2 Å². The van der Waals surface area contributed by atoms with Crippen LogP contribution in [0, 0.1) is 23.3 Å². The molecule has 2 N–H and O–H groups in total. The standard InChI is InChI=1S/C16H12F4N4OS/c17-11-6-12(18)15(20)10(14(11)19)8-24-4-3-13(23-24)22-16(26)21-7-9-2-1-5-25-9/h1-6H,7-8H2,(H2,21,22,23,26). The van der Waals surface area contributed by atoms with Crippen LogP contribution in [-0.2, 0) is 13.1 Å². The van der Waals surface area contributed by atoms with E-state index in [0.29, 0.717) is 18.1 Å². The zero-order valence-corrected chi connectivity index (χ0v) is 13.9. The number of furan rings is 1. The maximum absolute atomic E-state index is 13.7. The van der Waals surface area contributed by atoms with Crippen molar-refractivity contribution >= 4 is 23.1 Å². The molecule has 0 spiro atoms. The first-order valence-corrected chi connectivity index (χ1v) is 7.77. The lowest BCUT2D eigenvalue weighted by molar-refractivity contribution is 0.431. The molecule has 0 saturated heterocycles. The predicted molar refractivity (Wildman–Crippen MR) is 89.4 cm³/mol. The minimum atomic E-state index is -1.47. The monoisotopic (exact) mass is 384 g/mol. The molecule has 0 bridgehead atoms. The van der Waals surface area contributed by atoms with E-state index < -0.39 is 35.4 Å². The van der Waals surface area contributed by atoms with Gasteiger partial charge in [0.25, 0.3) is 0 Å². The summed E-state index contributed by atoms with van der Waals surface area (Å²) in [5, 5.41) is 9.92. The highest BCUT2D eigenvalue weighted by Crippen LogP contribution is 2.20. The summed E-state index contributed by atoms with van der Waals surface area (Å²) < 4.78 is 60.2. The highest BCUT2D eigenvalue weighted by Gasteiger charge is 2.19. The number of anilines is 1. The van der Waals surface area contributed by atoms with Crippen molar-refractivity contribution in [3.8, 4) is 0 Å². The average Bonchev–Trinajstić information content (AvgIpc) is 3.27. The van der Waals surface area contributed by atoms with Crippen LogP contribution in [0.3, 0.4) is 0 Å². The van der Waals surface area contributed by atoms with Crippen molar-refractivity contribution < 1.29 is 22.0 Å². The number of hydrogen-bond acceptors (Lipinski definition) is 3. The number of thiocarbonyl (C=S) groups is 1. The first-order valence-electron chi connectivity index (χ1n) is 7.36. The Balaban J connectivity index is 1.64. The van der Waals surface area contributed by atoms with E-state index in [1.807, 2.05) is 0 Å². The Morgan fingerprint density at radius 3 is 2.54 bits per heavy atom. The summed E-state index contributed by atoms with van der Waals surface area (Å²) in [7, 11) is 0. The van der Waals surface area contributed by atoms with Crippen molar-refractivity contribution in [2.45, 2.75) is 13.1 Å². The van der Waals surface area contributed by atoms with Gasteiger partial charge in [-0.2, -0.15) is 5.10 Å². The molecule has 10 heteroatoms. The van der Waals surface area contributed by atoms with Crippen molar-refractivity contribution in [1.82, 2.24) is 15.1 Å². The van der Waals surface area contributed by atoms with Crippen LogP contribution in [0.2, 0.25) is 0 Å². The van der Waals surface area contributed by atoms with Gasteiger partial charge in [0.1, 0.15) is 5.76 Å². The van der Waals surface area contributed by atoms with Crippen LogP contribution in [-0.4, -0.2) is 14.9 Å². The average molecular weight is 384 g/mol. The molecule has 0 aliphatic rings. The SMILES string of the molecule is Fc1cc(F)c(F)c(Cn2ccc(NC(=S)NCc3ccco3)n2)c1F. The molecule has 0 unspecified atom stereocenters. The Morgan fingerprint density at radius 1 is 1.15 bits per heavy atom. The second-order valence-corrected chi connectivity index (χ2v) is 5.64. The fourth-order valence-electron chi connectivity index (χ4n) is 2.18. The number of benzene rings is 1. The summed E-state index contributed by atoms with van der Waals surface area (Å²) >= 11 is 5.09. The molecule has 1 aromatic carbocycles. The number of nitrogens with zero attached hydrogens (tertiary/aromatic N) is 2. The molecule has 2 aromatic heterocycles. The van der Waals surface area contributed by atoms with Crippen molar-refractivity contribution in [3.63, 3.8) is 0 Å². The van der Waals surface area contributed by atoms with E-state index in [2.05, 4.69) is 15.7 Å². The summed E-state index contributed by atoms with van der Waals surface area (Å²) in [6.07, 6.45) is 2.92. The molecule has 26 heavy (non-hydrogen) atoms. The van der Waals surface area contributed by atoms with Gasteiger partial charge >= 0.3 is 0 Å².